The molecule has 0 saturated carbocycles. The van der Waals surface area contributed by atoms with Crippen LogP contribution in [0.5, 0.6) is 0 Å². The molecular formula is C22H25N5O3. The van der Waals surface area contributed by atoms with Crippen molar-refractivity contribution < 1.29 is 9.72 Å². The molecule has 0 aromatic heterocycles. The third-order valence-electron chi connectivity index (χ3n) is 5.17. The predicted molar refractivity (Wildman–Crippen MR) is 114 cm³/mol. The molecule has 1 saturated heterocycles. The molecule has 1 fully saturated rings. The topological polar surface area (TPSA) is 103 Å². The molecule has 1 aliphatic heterocycles. The molecule has 30 heavy (non-hydrogen) atoms. The average Bonchev–Trinajstić information content (AvgIpc) is 2.98. The molecule has 0 spiro atoms. The van der Waals surface area contributed by atoms with Crippen molar-refractivity contribution in [3.8, 4) is 6.07 Å². The van der Waals surface area contributed by atoms with E-state index in [1.165, 1.54) is 17.7 Å². The van der Waals surface area contributed by atoms with Gasteiger partial charge in [0.25, 0.3) is 5.69 Å². The summed E-state index contributed by atoms with van der Waals surface area (Å²) in [7, 11) is 0. The zero-order valence-electron chi connectivity index (χ0n) is 16.8. The number of rotatable bonds is 7. The van der Waals surface area contributed by atoms with Crippen molar-refractivity contribution in [1.29, 1.82) is 5.26 Å². The minimum absolute atomic E-state index is 0.0392. The maximum absolute atomic E-state index is 12.2. The summed E-state index contributed by atoms with van der Waals surface area (Å²) in [5, 5.41) is 22.5. The largest absolute Gasteiger partial charge is 0.326 e. The minimum Gasteiger partial charge on any atom is -0.326 e. The molecule has 2 aromatic rings. The zero-order valence-corrected chi connectivity index (χ0v) is 16.8. The molecule has 1 amide bonds. The van der Waals surface area contributed by atoms with Crippen molar-refractivity contribution in [3.63, 3.8) is 0 Å². The molecular weight excluding hydrogens is 382 g/mol. The first kappa shape index (κ1) is 21.4. The van der Waals surface area contributed by atoms with E-state index in [1.54, 1.807) is 12.1 Å². The van der Waals surface area contributed by atoms with Gasteiger partial charge in [0, 0.05) is 50.4 Å². The van der Waals surface area contributed by atoms with Crippen LogP contribution in [0.4, 0.5) is 11.4 Å². The Morgan fingerprint density at radius 2 is 1.83 bits per heavy atom. The molecule has 3 rings (SSSR count). The number of nitrogens with one attached hydrogen (secondary N) is 1. The number of hydrogen-bond acceptors (Lipinski definition) is 6. The van der Waals surface area contributed by atoms with Gasteiger partial charge in [-0.15, -0.1) is 0 Å². The van der Waals surface area contributed by atoms with Crippen LogP contribution in [0, 0.1) is 21.4 Å². The molecule has 8 heteroatoms. The Kier molecular flexibility index (Phi) is 7.49. The summed E-state index contributed by atoms with van der Waals surface area (Å²) in [6, 6.07) is 15.8. The SMILES string of the molecule is N#Cc1ccc(CN2CCCN(CCC(=O)Nc3cccc([N+](=O)[O-])c3)CC2)cc1. The van der Waals surface area contributed by atoms with Gasteiger partial charge in [0.2, 0.25) is 5.91 Å². The molecule has 0 radical (unpaired) electrons. The second-order valence-corrected chi connectivity index (χ2v) is 7.39. The molecule has 1 aliphatic rings. The molecule has 0 unspecified atom stereocenters. The minimum atomic E-state index is -0.476. The first-order valence-electron chi connectivity index (χ1n) is 10.0. The van der Waals surface area contributed by atoms with E-state index in [9.17, 15) is 14.9 Å². The van der Waals surface area contributed by atoms with E-state index in [4.69, 9.17) is 5.26 Å². The number of benzene rings is 2. The summed E-state index contributed by atoms with van der Waals surface area (Å²) in [5.41, 5.74) is 2.27. The lowest BCUT2D eigenvalue weighted by molar-refractivity contribution is -0.384. The highest BCUT2D eigenvalue weighted by Crippen LogP contribution is 2.17. The van der Waals surface area contributed by atoms with Crippen molar-refractivity contribution in [2.45, 2.75) is 19.4 Å². The first-order chi connectivity index (χ1) is 14.5. The third-order valence-corrected chi connectivity index (χ3v) is 5.17. The molecule has 1 heterocycles. The van der Waals surface area contributed by atoms with Gasteiger partial charge >= 0.3 is 0 Å². The molecule has 156 valence electrons. The van der Waals surface area contributed by atoms with E-state index >= 15 is 0 Å². The number of non-ortho nitro benzene ring substituents is 1. The van der Waals surface area contributed by atoms with Gasteiger partial charge in [-0.25, -0.2) is 0 Å². The van der Waals surface area contributed by atoms with E-state index in [-0.39, 0.29) is 11.6 Å². The number of anilines is 1. The molecule has 1 N–H and O–H groups in total. The maximum atomic E-state index is 12.2. The summed E-state index contributed by atoms with van der Waals surface area (Å²) in [4.78, 5) is 27.3. The van der Waals surface area contributed by atoms with Gasteiger partial charge in [0.1, 0.15) is 0 Å². The standard InChI is InChI=1S/C22H25N5O3/c23-16-18-5-7-19(8-6-18)17-26-11-2-10-25(13-14-26)12-9-22(28)24-20-3-1-4-21(15-20)27(29)30/h1,3-8,15H,2,9-14,17H2,(H,24,28). The van der Waals surface area contributed by atoms with Gasteiger partial charge < -0.3 is 10.2 Å². The van der Waals surface area contributed by atoms with Gasteiger partial charge in [0.05, 0.1) is 16.6 Å². The van der Waals surface area contributed by atoms with Crippen molar-refractivity contribution in [2.75, 3.05) is 38.0 Å². The molecule has 8 nitrogen and oxygen atoms in total. The fourth-order valence-electron chi connectivity index (χ4n) is 3.53. The fraction of sp³-hybridized carbons (Fsp3) is 0.364. The van der Waals surface area contributed by atoms with Crippen LogP contribution >= 0.6 is 0 Å². The van der Waals surface area contributed by atoms with Gasteiger partial charge in [-0.3, -0.25) is 19.8 Å². The Morgan fingerprint density at radius 3 is 2.57 bits per heavy atom. The average molecular weight is 407 g/mol. The van der Waals surface area contributed by atoms with Crippen molar-refractivity contribution in [2.24, 2.45) is 0 Å². The van der Waals surface area contributed by atoms with Crippen LogP contribution in [-0.4, -0.2) is 53.4 Å². The van der Waals surface area contributed by atoms with Gasteiger partial charge in [-0.2, -0.15) is 5.26 Å². The lowest BCUT2D eigenvalue weighted by atomic mass is 10.1. The van der Waals surface area contributed by atoms with Crippen LogP contribution in [0.1, 0.15) is 24.0 Å². The van der Waals surface area contributed by atoms with E-state index in [2.05, 4.69) is 21.2 Å². The first-order valence-corrected chi connectivity index (χ1v) is 10.0. The fourth-order valence-corrected chi connectivity index (χ4v) is 3.53. The summed E-state index contributed by atoms with van der Waals surface area (Å²) in [5.74, 6) is -0.144. The van der Waals surface area contributed by atoms with E-state index in [0.717, 1.165) is 39.1 Å². The Balaban J connectivity index is 1.43. The van der Waals surface area contributed by atoms with Crippen LogP contribution in [0.3, 0.4) is 0 Å². The predicted octanol–water partition coefficient (Wildman–Crippen LogP) is 3.00. The Morgan fingerprint density at radius 1 is 1.10 bits per heavy atom. The zero-order chi connectivity index (χ0) is 21.3. The summed E-state index contributed by atoms with van der Waals surface area (Å²) < 4.78 is 0. The number of amides is 1. The highest BCUT2D eigenvalue weighted by Gasteiger charge is 2.16. The second-order valence-electron chi connectivity index (χ2n) is 7.39. The molecule has 0 atom stereocenters. The number of nitriles is 1. The summed E-state index contributed by atoms with van der Waals surface area (Å²) in [6.07, 6.45) is 1.38. The third kappa shape index (κ3) is 6.37. The quantitative estimate of drug-likeness (QED) is 0.559. The molecule has 0 bridgehead atoms. The van der Waals surface area contributed by atoms with Crippen LogP contribution in [0.25, 0.3) is 0 Å². The maximum Gasteiger partial charge on any atom is 0.271 e. The van der Waals surface area contributed by atoms with E-state index < -0.39 is 4.92 Å². The number of nitro groups is 1. The highest BCUT2D eigenvalue weighted by atomic mass is 16.6. The monoisotopic (exact) mass is 407 g/mol. The van der Waals surface area contributed by atoms with Crippen LogP contribution in [0.2, 0.25) is 0 Å². The highest BCUT2D eigenvalue weighted by molar-refractivity contribution is 5.91. The second kappa shape index (κ2) is 10.5. The van der Waals surface area contributed by atoms with Gasteiger partial charge in [-0.05, 0) is 43.3 Å². The van der Waals surface area contributed by atoms with Crippen LogP contribution in [0.15, 0.2) is 48.5 Å². The normalized spacial score (nSPS) is 15.2. The number of nitro benzene ring substituents is 1. The van der Waals surface area contributed by atoms with E-state index in [1.807, 2.05) is 24.3 Å². The van der Waals surface area contributed by atoms with Crippen molar-refractivity contribution >= 4 is 17.3 Å². The number of carbonyl (C=O) groups excluding carboxylic acids is 1. The molecule has 0 aliphatic carbocycles. The van der Waals surface area contributed by atoms with Gasteiger partial charge in [-0.1, -0.05) is 18.2 Å². The summed E-state index contributed by atoms with van der Waals surface area (Å²) in [6.45, 7) is 5.26. The summed E-state index contributed by atoms with van der Waals surface area (Å²) >= 11 is 0. The lowest BCUT2D eigenvalue weighted by Gasteiger charge is -2.21. The van der Waals surface area contributed by atoms with Gasteiger partial charge in [0.15, 0.2) is 0 Å². The smallest absolute Gasteiger partial charge is 0.271 e. The van der Waals surface area contributed by atoms with Crippen molar-refractivity contribution in [3.05, 3.63) is 69.8 Å². The lowest BCUT2D eigenvalue weighted by Crippen LogP contribution is -2.32. The Bertz CT molecular complexity index is 923. The number of nitrogens with zero attached hydrogens (tertiary/aromatic N) is 4. The number of hydrogen-bond donors (Lipinski definition) is 1. The van der Waals surface area contributed by atoms with Crippen molar-refractivity contribution in [1.82, 2.24) is 9.80 Å². The Labute approximate surface area is 175 Å². The molecule has 2 aromatic carbocycles. The Hall–Kier alpha value is -3.28. The number of carbonyl (C=O) groups is 1. The van der Waals surface area contributed by atoms with Crippen LogP contribution < -0.4 is 5.32 Å². The van der Waals surface area contributed by atoms with Crippen LogP contribution in [-0.2, 0) is 11.3 Å². The van der Waals surface area contributed by atoms with E-state index in [0.29, 0.717) is 24.2 Å².